The number of hydrogen-bond acceptors (Lipinski definition) is 5. The van der Waals surface area contributed by atoms with Crippen LogP contribution in [0.2, 0.25) is 0 Å². The van der Waals surface area contributed by atoms with Gasteiger partial charge in [-0.25, -0.2) is 4.79 Å². The van der Waals surface area contributed by atoms with Crippen LogP contribution in [0.3, 0.4) is 0 Å². The molecule has 0 spiro atoms. The largest absolute Gasteiger partial charge is 0.449 e. The topological polar surface area (TPSA) is 111 Å². The molecule has 0 radical (unpaired) electrons. The zero-order valence-corrected chi connectivity index (χ0v) is 19.2. The maximum atomic E-state index is 12.2. The van der Waals surface area contributed by atoms with Gasteiger partial charge in [0.1, 0.15) is 12.3 Å². The van der Waals surface area contributed by atoms with Crippen molar-refractivity contribution in [3.63, 3.8) is 0 Å². The summed E-state index contributed by atoms with van der Waals surface area (Å²) in [5.41, 5.74) is 5.24. The number of fused-ring (bicyclic) bond motifs is 3. The first-order chi connectivity index (χ1) is 16.9. The van der Waals surface area contributed by atoms with Gasteiger partial charge in [0.2, 0.25) is 5.91 Å². The average Bonchev–Trinajstić information content (AvgIpc) is 3.16. The number of carbonyl (C=O) groups excluding carboxylic acids is 2. The summed E-state index contributed by atoms with van der Waals surface area (Å²) in [6.45, 7) is 1.90. The van der Waals surface area contributed by atoms with E-state index in [1.54, 1.807) is 18.2 Å². The molecular weight excluding hydrogens is 446 g/mol. The average molecular weight is 472 g/mol. The summed E-state index contributed by atoms with van der Waals surface area (Å²) in [6.07, 6.45) is 3.56. The van der Waals surface area contributed by atoms with E-state index in [-0.39, 0.29) is 29.8 Å². The van der Waals surface area contributed by atoms with Crippen molar-refractivity contribution < 1.29 is 19.2 Å². The van der Waals surface area contributed by atoms with Gasteiger partial charge >= 0.3 is 6.09 Å². The summed E-state index contributed by atoms with van der Waals surface area (Å²) < 4.78 is 5.51. The molecule has 0 saturated carbocycles. The lowest BCUT2D eigenvalue weighted by Gasteiger charge is -2.14. The Morgan fingerprint density at radius 1 is 1.03 bits per heavy atom. The molecule has 4 rings (SSSR count). The molecule has 0 bridgehead atoms. The van der Waals surface area contributed by atoms with Crippen LogP contribution in [-0.2, 0) is 9.53 Å². The number of anilines is 1. The zero-order chi connectivity index (χ0) is 24.8. The highest BCUT2D eigenvalue weighted by atomic mass is 16.6. The lowest BCUT2D eigenvalue weighted by Crippen LogP contribution is -2.26. The van der Waals surface area contributed by atoms with E-state index in [1.165, 1.54) is 30.2 Å². The molecule has 8 heteroatoms. The third-order valence-corrected chi connectivity index (χ3v) is 5.76. The molecule has 0 aromatic heterocycles. The van der Waals surface area contributed by atoms with Gasteiger partial charge in [0.25, 0.3) is 5.69 Å². The van der Waals surface area contributed by atoms with Gasteiger partial charge in [-0.05, 0) is 40.3 Å². The Bertz CT molecular complexity index is 1260. The van der Waals surface area contributed by atoms with E-state index in [1.807, 2.05) is 24.3 Å². The van der Waals surface area contributed by atoms with Crippen LogP contribution in [0, 0.1) is 10.1 Å². The fourth-order valence-corrected chi connectivity index (χ4v) is 4.23. The number of alkyl carbamates (subject to hydrolysis) is 1. The van der Waals surface area contributed by atoms with Gasteiger partial charge in [-0.3, -0.25) is 14.9 Å². The monoisotopic (exact) mass is 471 g/mol. The van der Waals surface area contributed by atoms with Crippen LogP contribution >= 0.6 is 0 Å². The molecule has 1 aliphatic rings. The van der Waals surface area contributed by atoms with Gasteiger partial charge in [-0.2, -0.15) is 0 Å². The van der Waals surface area contributed by atoms with Gasteiger partial charge in [-0.15, -0.1) is 0 Å². The minimum absolute atomic E-state index is 0.00398. The second-order valence-corrected chi connectivity index (χ2v) is 8.16. The third kappa shape index (κ3) is 5.55. The SMILES string of the molecule is CC(=O)Nc1ccc(C=CCCNC(=O)OCC2c3ccccc3-c3ccccc32)cc1[N+](=O)[O-]. The number of nitrogens with zero attached hydrogens (tertiary/aromatic N) is 1. The first-order valence-corrected chi connectivity index (χ1v) is 11.3. The molecule has 0 fully saturated rings. The van der Waals surface area contributed by atoms with E-state index in [2.05, 4.69) is 34.9 Å². The first-order valence-electron chi connectivity index (χ1n) is 11.3. The molecule has 8 nitrogen and oxygen atoms in total. The Morgan fingerprint density at radius 2 is 1.69 bits per heavy atom. The normalized spacial score (nSPS) is 12.1. The number of benzene rings is 3. The summed E-state index contributed by atoms with van der Waals surface area (Å²) in [5, 5.41) is 16.4. The van der Waals surface area contributed by atoms with Crippen molar-refractivity contribution in [1.29, 1.82) is 0 Å². The van der Waals surface area contributed by atoms with Gasteiger partial charge in [0, 0.05) is 25.5 Å². The van der Waals surface area contributed by atoms with Crippen molar-refractivity contribution in [1.82, 2.24) is 5.32 Å². The summed E-state index contributed by atoms with van der Waals surface area (Å²) in [4.78, 5) is 34.2. The van der Waals surface area contributed by atoms with Crippen molar-refractivity contribution in [2.24, 2.45) is 0 Å². The van der Waals surface area contributed by atoms with Crippen molar-refractivity contribution in [2.45, 2.75) is 19.3 Å². The van der Waals surface area contributed by atoms with Gasteiger partial charge < -0.3 is 15.4 Å². The van der Waals surface area contributed by atoms with Crippen LogP contribution in [0.4, 0.5) is 16.2 Å². The fraction of sp³-hybridized carbons (Fsp3) is 0.185. The summed E-state index contributed by atoms with van der Waals surface area (Å²) in [7, 11) is 0. The van der Waals surface area contributed by atoms with E-state index >= 15 is 0 Å². The smallest absolute Gasteiger partial charge is 0.407 e. The van der Waals surface area contributed by atoms with Crippen molar-refractivity contribution >= 4 is 29.5 Å². The lowest BCUT2D eigenvalue weighted by molar-refractivity contribution is -0.383. The number of rotatable bonds is 8. The van der Waals surface area contributed by atoms with Crippen molar-refractivity contribution in [3.8, 4) is 11.1 Å². The third-order valence-electron chi connectivity index (χ3n) is 5.76. The quantitative estimate of drug-likeness (QED) is 0.256. The highest BCUT2D eigenvalue weighted by Crippen LogP contribution is 2.44. The molecule has 3 aromatic carbocycles. The molecule has 0 unspecified atom stereocenters. The van der Waals surface area contributed by atoms with Crippen LogP contribution in [0.5, 0.6) is 0 Å². The Morgan fingerprint density at radius 3 is 2.31 bits per heavy atom. The van der Waals surface area contributed by atoms with Crippen LogP contribution in [0.25, 0.3) is 17.2 Å². The molecule has 1 aliphatic carbocycles. The standard InChI is InChI=1S/C27H25N3O5/c1-18(31)29-25-14-13-19(16-26(25)30(33)34)8-6-7-15-28-27(32)35-17-24-22-11-4-2-9-20(22)21-10-3-5-12-23(21)24/h2-6,8-14,16,24H,7,15,17H2,1H3,(H,28,32)(H,29,31). The van der Waals surface area contributed by atoms with E-state index < -0.39 is 11.0 Å². The molecule has 178 valence electrons. The molecule has 3 aromatic rings. The fourth-order valence-electron chi connectivity index (χ4n) is 4.23. The molecular formula is C27H25N3O5. The van der Waals surface area contributed by atoms with Crippen LogP contribution in [0.1, 0.15) is 36.0 Å². The number of carbonyl (C=O) groups is 2. The van der Waals surface area contributed by atoms with Crippen LogP contribution < -0.4 is 10.6 Å². The number of hydrogen-bond donors (Lipinski definition) is 2. The van der Waals surface area contributed by atoms with Gasteiger partial charge in [-0.1, -0.05) is 66.7 Å². The first kappa shape index (κ1) is 23.7. The van der Waals surface area contributed by atoms with Crippen LogP contribution in [-0.4, -0.2) is 30.1 Å². The molecule has 2 N–H and O–H groups in total. The number of nitrogens with one attached hydrogen (secondary N) is 2. The summed E-state index contributed by atoms with van der Waals surface area (Å²) >= 11 is 0. The summed E-state index contributed by atoms with van der Waals surface area (Å²) in [5.74, 6) is -0.375. The maximum Gasteiger partial charge on any atom is 0.407 e. The highest BCUT2D eigenvalue weighted by Gasteiger charge is 2.28. The van der Waals surface area contributed by atoms with Gasteiger partial charge in [0.15, 0.2) is 0 Å². The van der Waals surface area contributed by atoms with Gasteiger partial charge in [0.05, 0.1) is 4.92 Å². The second kappa shape index (κ2) is 10.6. The number of amides is 2. The molecule has 35 heavy (non-hydrogen) atoms. The Labute approximate surface area is 202 Å². The second-order valence-electron chi connectivity index (χ2n) is 8.16. The van der Waals surface area contributed by atoms with Crippen molar-refractivity contribution in [2.75, 3.05) is 18.5 Å². The minimum atomic E-state index is -0.540. The van der Waals surface area contributed by atoms with E-state index in [0.29, 0.717) is 18.5 Å². The van der Waals surface area contributed by atoms with Crippen molar-refractivity contribution in [3.05, 3.63) is 99.6 Å². The predicted molar refractivity (Wildman–Crippen MR) is 134 cm³/mol. The molecule has 0 atom stereocenters. The molecule has 2 amide bonds. The predicted octanol–water partition coefficient (Wildman–Crippen LogP) is 5.50. The highest BCUT2D eigenvalue weighted by molar-refractivity contribution is 5.91. The number of nitro groups is 1. The van der Waals surface area contributed by atoms with Crippen LogP contribution in [0.15, 0.2) is 72.8 Å². The minimum Gasteiger partial charge on any atom is -0.449 e. The molecule has 0 aliphatic heterocycles. The molecule has 0 saturated heterocycles. The Hall–Kier alpha value is -4.46. The number of ether oxygens (including phenoxy) is 1. The maximum absolute atomic E-state index is 12.2. The Balaban J connectivity index is 1.27. The number of nitro benzene ring substituents is 1. The zero-order valence-electron chi connectivity index (χ0n) is 19.2. The Kier molecular flexibility index (Phi) is 7.21. The summed E-state index contributed by atoms with van der Waals surface area (Å²) in [6, 6.07) is 20.9. The lowest BCUT2D eigenvalue weighted by atomic mass is 9.98. The van der Waals surface area contributed by atoms with E-state index in [0.717, 1.165) is 11.1 Å². The van der Waals surface area contributed by atoms with E-state index in [4.69, 9.17) is 4.74 Å². The van der Waals surface area contributed by atoms with E-state index in [9.17, 15) is 19.7 Å². The molecule has 0 heterocycles.